The highest BCUT2D eigenvalue weighted by Gasteiger charge is 2.52. The molecule has 2 atom stereocenters. The first-order valence-corrected chi connectivity index (χ1v) is 17.0. The number of hydrogen-bond donors (Lipinski definition) is 0. The molecule has 2 aliphatic carbocycles. The Hall–Kier alpha value is -3.94. The number of ketones is 2. The fourth-order valence-corrected chi connectivity index (χ4v) is 7.72. The van der Waals surface area contributed by atoms with E-state index in [1.165, 1.54) is 48.5 Å². The van der Waals surface area contributed by atoms with E-state index in [0.29, 0.717) is 23.0 Å². The van der Waals surface area contributed by atoms with E-state index in [9.17, 15) is 19.2 Å². The maximum Gasteiger partial charge on any atom is 0.255 e. The van der Waals surface area contributed by atoms with Crippen molar-refractivity contribution in [1.82, 2.24) is 10.0 Å². The molecule has 2 saturated carbocycles. The van der Waals surface area contributed by atoms with Gasteiger partial charge in [-0.15, -0.1) is 0 Å². The summed E-state index contributed by atoms with van der Waals surface area (Å²) in [6.07, 6.45) is 11.6. The highest BCUT2D eigenvalue weighted by atomic mass is 16.2. The minimum absolute atomic E-state index is 0. The lowest BCUT2D eigenvalue weighted by atomic mass is 9.67. The SMILES string of the molecule is C.CC1=NN(CC(=O)c2ccccc2)C(=O)[C@@]1(C)C1CCCCC1.CC1=NN(CC(=O)c2ccccc2)C(=O)[C@@]1(C)C1CCCCC1. The molecule has 8 heteroatoms. The third-order valence-corrected chi connectivity index (χ3v) is 11.0. The molecule has 2 fully saturated rings. The van der Waals surface area contributed by atoms with Gasteiger partial charge in [-0.25, -0.2) is 10.0 Å². The van der Waals surface area contributed by atoms with Crippen LogP contribution in [0.25, 0.3) is 0 Å². The van der Waals surface area contributed by atoms with Crippen LogP contribution >= 0.6 is 0 Å². The number of nitrogens with zero attached hydrogens (tertiary/aromatic N) is 4. The molecule has 0 unspecified atom stereocenters. The Morgan fingerprint density at radius 1 is 0.617 bits per heavy atom. The number of amides is 2. The molecule has 252 valence electrons. The summed E-state index contributed by atoms with van der Waals surface area (Å²) in [6, 6.07) is 18.2. The van der Waals surface area contributed by atoms with Crippen molar-refractivity contribution in [1.29, 1.82) is 0 Å². The monoisotopic (exact) mass is 640 g/mol. The Kier molecular flexibility index (Phi) is 11.7. The Labute approximate surface area is 280 Å². The summed E-state index contributed by atoms with van der Waals surface area (Å²) < 4.78 is 0. The van der Waals surface area contributed by atoms with Gasteiger partial charge in [0, 0.05) is 11.1 Å². The van der Waals surface area contributed by atoms with Crippen LogP contribution in [-0.4, -0.2) is 57.9 Å². The van der Waals surface area contributed by atoms with Crippen LogP contribution < -0.4 is 0 Å². The first kappa shape index (κ1) is 35.9. The Morgan fingerprint density at radius 2 is 0.936 bits per heavy atom. The zero-order chi connectivity index (χ0) is 32.9. The third-order valence-electron chi connectivity index (χ3n) is 11.0. The van der Waals surface area contributed by atoms with Gasteiger partial charge in [0.15, 0.2) is 11.6 Å². The summed E-state index contributed by atoms with van der Waals surface area (Å²) in [6.45, 7) is 7.94. The quantitative estimate of drug-likeness (QED) is 0.273. The van der Waals surface area contributed by atoms with Gasteiger partial charge in [0.25, 0.3) is 11.8 Å². The molecule has 2 aromatic carbocycles. The number of hydrogen-bond acceptors (Lipinski definition) is 6. The van der Waals surface area contributed by atoms with Crippen LogP contribution in [0.2, 0.25) is 0 Å². The Balaban J connectivity index is 0.000000208. The zero-order valence-corrected chi connectivity index (χ0v) is 27.8. The van der Waals surface area contributed by atoms with Gasteiger partial charge in [0.2, 0.25) is 0 Å². The van der Waals surface area contributed by atoms with Gasteiger partial charge in [-0.2, -0.15) is 10.2 Å². The maximum atomic E-state index is 13.0. The van der Waals surface area contributed by atoms with Crippen LogP contribution in [0.3, 0.4) is 0 Å². The molecule has 2 heterocycles. The molecule has 6 rings (SSSR count). The molecule has 47 heavy (non-hydrogen) atoms. The average Bonchev–Trinajstić information content (AvgIpc) is 3.45. The molecule has 2 aliphatic heterocycles. The zero-order valence-electron chi connectivity index (χ0n) is 27.8. The van der Waals surface area contributed by atoms with E-state index in [2.05, 4.69) is 10.2 Å². The standard InChI is InChI=1S/2C19H24N2O2.CH4/c2*1-14-19(2,16-11-7-4-8-12-16)18(23)21(20-14)13-17(22)15-9-5-3-6-10-15;/h2*3,5-6,9-10,16H,4,7-8,11-13H2,1-2H3;1H4/t2*19-;/m11./s1. The van der Waals surface area contributed by atoms with E-state index in [1.807, 2.05) is 64.1 Å². The van der Waals surface area contributed by atoms with Crippen LogP contribution in [0.5, 0.6) is 0 Å². The summed E-state index contributed by atoms with van der Waals surface area (Å²) in [5, 5.41) is 11.7. The minimum Gasteiger partial charge on any atom is -0.292 e. The topological polar surface area (TPSA) is 99.5 Å². The first-order chi connectivity index (χ1) is 22.1. The molecule has 2 aromatic rings. The normalized spacial score (nSPS) is 25.0. The van der Waals surface area contributed by atoms with Gasteiger partial charge < -0.3 is 0 Å². The second-order valence-corrected chi connectivity index (χ2v) is 13.7. The largest absolute Gasteiger partial charge is 0.292 e. The minimum atomic E-state index is -0.530. The molecule has 2 amide bonds. The van der Waals surface area contributed by atoms with Gasteiger partial charge in [0.05, 0.1) is 22.3 Å². The fraction of sp³-hybridized carbons (Fsp3) is 0.538. The third kappa shape index (κ3) is 7.31. The Morgan fingerprint density at radius 3 is 1.26 bits per heavy atom. The number of rotatable bonds is 8. The molecule has 0 spiro atoms. The summed E-state index contributed by atoms with van der Waals surface area (Å²) in [5.41, 5.74) is 1.90. The Bertz CT molecular complexity index is 1380. The first-order valence-electron chi connectivity index (χ1n) is 17.0. The van der Waals surface area contributed by atoms with Crippen LogP contribution in [0.1, 0.15) is 120 Å². The molecule has 8 nitrogen and oxygen atoms in total. The van der Waals surface area contributed by atoms with Gasteiger partial charge >= 0.3 is 0 Å². The van der Waals surface area contributed by atoms with Crippen molar-refractivity contribution in [2.75, 3.05) is 13.1 Å². The van der Waals surface area contributed by atoms with E-state index in [1.54, 1.807) is 24.3 Å². The molecule has 0 radical (unpaired) electrons. The number of benzene rings is 2. The van der Waals surface area contributed by atoms with E-state index in [-0.39, 0.29) is 43.9 Å². The second-order valence-electron chi connectivity index (χ2n) is 13.7. The summed E-state index contributed by atoms with van der Waals surface area (Å²) in [4.78, 5) is 50.7. The molecule has 0 aromatic heterocycles. The number of Topliss-reactive ketones (excluding diaryl/α,β-unsaturated/α-hetero) is 2. The molecular formula is C39H52N4O4. The van der Waals surface area contributed by atoms with Crippen LogP contribution in [0.15, 0.2) is 70.9 Å². The number of carbonyl (C=O) groups is 4. The van der Waals surface area contributed by atoms with Gasteiger partial charge in [-0.1, -0.05) is 107 Å². The summed E-state index contributed by atoms with van der Waals surface area (Å²) >= 11 is 0. The predicted octanol–water partition coefficient (Wildman–Crippen LogP) is 7.98. The molecular weight excluding hydrogens is 588 g/mol. The molecule has 0 saturated heterocycles. The van der Waals surface area contributed by atoms with E-state index < -0.39 is 10.8 Å². The van der Waals surface area contributed by atoms with Crippen LogP contribution in [-0.2, 0) is 9.59 Å². The van der Waals surface area contributed by atoms with E-state index in [4.69, 9.17) is 0 Å². The maximum absolute atomic E-state index is 13.0. The van der Waals surface area contributed by atoms with Crippen molar-refractivity contribution in [3.8, 4) is 0 Å². The van der Waals surface area contributed by atoms with Gasteiger partial charge in [-0.3, -0.25) is 19.2 Å². The predicted molar refractivity (Wildman–Crippen MR) is 187 cm³/mol. The lowest BCUT2D eigenvalue weighted by Crippen LogP contribution is -2.44. The van der Waals surface area contributed by atoms with Crippen LogP contribution in [0.4, 0.5) is 0 Å². The number of hydrazone groups is 2. The summed E-state index contributed by atoms with van der Waals surface area (Å²) in [7, 11) is 0. The van der Waals surface area contributed by atoms with E-state index >= 15 is 0 Å². The molecule has 0 bridgehead atoms. The number of carbonyl (C=O) groups excluding carboxylic acids is 4. The smallest absolute Gasteiger partial charge is 0.255 e. The van der Waals surface area contributed by atoms with Crippen molar-refractivity contribution < 1.29 is 19.2 Å². The summed E-state index contributed by atoms with van der Waals surface area (Å²) in [5.74, 6) is 0.554. The van der Waals surface area contributed by atoms with Gasteiger partial charge in [0.1, 0.15) is 13.1 Å². The van der Waals surface area contributed by atoms with Crippen molar-refractivity contribution >= 4 is 34.8 Å². The molecule has 4 aliphatic rings. The van der Waals surface area contributed by atoms with Gasteiger partial charge in [-0.05, 0) is 65.2 Å². The highest BCUT2D eigenvalue weighted by molar-refractivity contribution is 6.13. The van der Waals surface area contributed by atoms with Crippen molar-refractivity contribution in [3.05, 3.63) is 71.8 Å². The lowest BCUT2D eigenvalue weighted by Gasteiger charge is -2.35. The highest BCUT2D eigenvalue weighted by Crippen LogP contribution is 2.45. The van der Waals surface area contributed by atoms with Crippen molar-refractivity contribution in [2.24, 2.45) is 32.9 Å². The molecule has 0 N–H and O–H groups in total. The van der Waals surface area contributed by atoms with Crippen molar-refractivity contribution in [2.45, 2.75) is 99.3 Å². The second kappa shape index (κ2) is 15.3. The fourth-order valence-electron chi connectivity index (χ4n) is 7.72. The van der Waals surface area contributed by atoms with Crippen molar-refractivity contribution in [3.63, 3.8) is 0 Å². The average molecular weight is 641 g/mol. The lowest BCUT2D eigenvalue weighted by molar-refractivity contribution is -0.138. The van der Waals surface area contributed by atoms with Crippen LogP contribution in [0, 0.1) is 22.7 Å². The van der Waals surface area contributed by atoms with E-state index in [0.717, 1.165) is 37.1 Å².